The molecule has 0 aromatic rings. The van der Waals surface area contributed by atoms with Crippen LogP contribution in [0.2, 0.25) is 0 Å². The third-order valence-corrected chi connectivity index (χ3v) is 11.8. The van der Waals surface area contributed by atoms with Gasteiger partial charge in [0.05, 0.1) is 6.10 Å². The van der Waals surface area contributed by atoms with Gasteiger partial charge in [-0.3, -0.25) is 14.4 Å². The van der Waals surface area contributed by atoms with Crippen molar-refractivity contribution >= 4 is 17.7 Å². The first-order valence-electron chi connectivity index (χ1n) is 14.6. The van der Waals surface area contributed by atoms with E-state index < -0.39 is 11.2 Å². The smallest absolute Gasteiger partial charge is 0.303 e. The Morgan fingerprint density at radius 1 is 1.03 bits per heavy atom. The van der Waals surface area contributed by atoms with Crippen molar-refractivity contribution in [2.75, 3.05) is 0 Å². The minimum Gasteiger partial charge on any atom is -0.462 e. The number of esters is 2. The van der Waals surface area contributed by atoms with Crippen LogP contribution in [0.5, 0.6) is 0 Å². The summed E-state index contributed by atoms with van der Waals surface area (Å²) in [6.07, 6.45) is 11.2. The highest BCUT2D eigenvalue weighted by Crippen LogP contribution is 2.68. The molecule has 38 heavy (non-hydrogen) atoms. The van der Waals surface area contributed by atoms with E-state index in [1.165, 1.54) is 13.8 Å². The lowest BCUT2D eigenvalue weighted by Crippen LogP contribution is -2.56. The van der Waals surface area contributed by atoms with E-state index in [1.54, 1.807) is 12.2 Å². The van der Waals surface area contributed by atoms with Crippen LogP contribution < -0.4 is 0 Å². The molecular formula is C32H46O6. The SMILES string of the molecule is CC(=O)O[C@@H]1CC2=CC(=O)C=C[C@@]2(C)[C@@H]2CC[C@]3(C)[C@@H]([C@H](C)[C@H]4C[C@](C)(OC(C)=O)C(C)(C)O4)CC[C@@H]3[C@H]21. The van der Waals surface area contributed by atoms with Crippen LogP contribution in [0, 0.1) is 40.4 Å². The summed E-state index contributed by atoms with van der Waals surface area (Å²) in [7, 11) is 0. The van der Waals surface area contributed by atoms with Crippen LogP contribution in [0.15, 0.2) is 23.8 Å². The van der Waals surface area contributed by atoms with Crippen molar-refractivity contribution in [1.82, 2.24) is 0 Å². The molecule has 0 aromatic carbocycles. The second-order valence-electron chi connectivity index (χ2n) is 14.1. The molecule has 0 unspecified atom stereocenters. The van der Waals surface area contributed by atoms with E-state index in [2.05, 4.69) is 26.8 Å². The number of allylic oxidation sites excluding steroid dienone is 3. The van der Waals surface area contributed by atoms with Crippen LogP contribution in [-0.4, -0.2) is 41.1 Å². The van der Waals surface area contributed by atoms with Gasteiger partial charge in [0.15, 0.2) is 5.78 Å². The monoisotopic (exact) mass is 526 g/mol. The minimum atomic E-state index is -0.653. The Balaban J connectivity index is 1.43. The van der Waals surface area contributed by atoms with Crippen LogP contribution in [-0.2, 0) is 28.6 Å². The summed E-state index contributed by atoms with van der Waals surface area (Å²) >= 11 is 0. The van der Waals surface area contributed by atoms with Gasteiger partial charge in [-0.15, -0.1) is 0 Å². The van der Waals surface area contributed by atoms with Gasteiger partial charge in [-0.1, -0.05) is 32.4 Å². The molecule has 5 aliphatic rings. The lowest BCUT2D eigenvalue weighted by molar-refractivity contribution is -0.174. The van der Waals surface area contributed by atoms with E-state index in [0.29, 0.717) is 36.5 Å². The Morgan fingerprint density at radius 2 is 1.74 bits per heavy atom. The van der Waals surface area contributed by atoms with Crippen molar-refractivity contribution in [3.8, 4) is 0 Å². The van der Waals surface area contributed by atoms with Crippen LogP contribution in [0.4, 0.5) is 0 Å². The summed E-state index contributed by atoms with van der Waals surface area (Å²) in [5.41, 5.74) is -0.140. The predicted octanol–water partition coefficient (Wildman–Crippen LogP) is 5.98. The highest BCUT2D eigenvalue weighted by atomic mass is 16.6. The third kappa shape index (κ3) is 4.12. The van der Waals surface area contributed by atoms with E-state index in [0.717, 1.165) is 31.3 Å². The molecule has 210 valence electrons. The van der Waals surface area contributed by atoms with Crippen LogP contribution in [0.25, 0.3) is 0 Å². The Kier molecular flexibility index (Phi) is 6.57. The number of carbonyl (C=O) groups excluding carboxylic acids is 3. The van der Waals surface area contributed by atoms with Crippen LogP contribution >= 0.6 is 0 Å². The highest BCUT2D eigenvalue weighted by molar-refractivity contribution is 6.01. The molecule has 10 atom stereocenters. The first-order valence-corrected chi connectivity index (χ1v) is 14.6. The lowest BCUT2D eigenvalue weighted by atomic mass is 9.46. The normalized spacial score (nSPS) is 45.9. The zero-order valence-corrected chi connectivity index (χ0v) is 24.5. The number of fused-ring (bicyclic) bond motifs is 5. The molecule has 6 nitrogen and oxygen atoms in total. The minimum absolute atomic E-state index is 0.0163. The van der Waals surface area contributed by atoms with Crippen molar-refractivity contribution in [3.63, 3.8) is 0 Å². The van der Waals surface area contributed by atoms with Gasteiger partial charge in [0.25, 0.3) is 0 Å². The summed E-state index contributed by atoms with van der Waals surface area (Å²) < 4.78 is 18.5. The molecule has 0 bridgehead atoms. The maximum absolute atomic E-state index is 12.3. The molecule has 3 saturated carbocycles. The van der Waals surface area contributed by atoms with Crippen molar-refractivity contribution < 1.29 is 28.6 Å². The van der Waals surface area contributed by atoms with Crippen molar-refractivity contribution in [2.24, 2.45) is 40.4 Å². The van der Waals surface area contributed by atoms with E-state index in [9.17, 15) is 14.4 Å². The van der Waals surface area contributed by atoms with Gasteiger partial charge in [-0.2, -0.15) is 0 Å². The van der Waals surface area contributed by atoms with E-state index in [4.69, 9.17) is 14.2 Å². The van der Waals surface area contributed by atoms with Gasteiger partial charge in [-0.25, -0.2) is 0 Å². The van der Waals surface area contributed by atoms with Gasteiger partial charge in [0.1, 0.15) is 17.3 Å². The molecule has 0 spiro atoms. The number of ketones is 1. The maximum atomic E-state index is 12.3. The fourth-order valence-corrected chi connectivity index (χ4v) is 9.59. The Bertz CT molecular complexity index is 1090. The summed E-state index contributed by atoms with van der Waals surface area (Å²) in [6, 6.07) is 0. The zero-order valence-electron chi connectivity index (χ0n) is 24.5. The summed E-state index contributed by atoms with van der Waals surface area (Å²) in [6.45, 7) is 16.1. The Hall–Kier alpha value is -1.95. The van der Waals surface area contributed by atoms with E-state index in [1.807, 2.05) is 20.8 Å². The molecule has 1 heterocycles. The number of hydrogen-bond acceptors (Lipinski definition) is 6. The van der Waals surface area contributed by atoms with E-state index >= 15 is 0 Å². The first kappa shape index (κ1) is 27.6. The topological polar surface area (TPSA) is 78.9 Å². The molecule has 0 amide bonds. The largest absolute Gasteiger partial charge is 0.462 e. The van der Waals surface area contributed by atoms with Crippen molar-refractivity contribution in [3.05, 3.63) is 23.8 Å². The number of ether oxygens (including phenoxy) is 3. The molecule has 4 fully saturated rings. The van der Waals surface area contributed by atoms with Crippen LogP contribution in [0.3, 0.4) is 0 Å². The molecular weight excluding hydrogens is 480 g/mol. The van der Waals surface area contributed by atoms with Crippen molar-refractivity contribution in [2.45, 2.75) is 117 Å². The molecule has 0 radical (unpaired) electrons. The highest BCUT2D eigenvalue weighted by Gasteiger charge is 2.64. The quantitative estimate of drug-likeness (QED) is 0.420. The Labute approximate surface area is 227 Å². The predicted molar refractivity (Wildman–Crippen MR) is 144 cm³/mol. The second-order valence-corrected chi connectivity index (χ2v) is 14.1. The fourth-order valence-electron chi connectivity index (χ4n) is 9.59. The van der Waals surface area contributed by atoms with Gasteiger partial charge < -0.3 is 14.2 Å². The summed E-state index contributed by atoms with van der Waals surface area (Å²) in [5, 5.41) is 0. The molecule has 4 aliphatic carbocycles. The average Bonchev–Trinajstić information content (AvgIpc) is 3.26. The van der Waals surface area contributed by atoms with Gasteiger partial charge in [-0.05, 0) is 87.7 Å². The molecule has 0 N–H and O–H groups in total. The molecule has 6 heteroatoms. The standard InChI is InChI=1S/C32H46O6/c1-18(27-17-32(8,37-20(3)34)29(4,5)38-27)23-9-10-24-28-25(12-14-31(23,24)7)30(6)13-11-22(35)15-21(30)16-26(28)36-19(2)33/h11,13,15,18,23-28H,9-10,12,14,16-17H2,1-8H3/t18-,23+,24+,25+,26+,27+,28+,30+,31+,32-/m0/s1. The summed E-state index contributed by atoms with van der Waals surface area (Å²) in [5.74, 6) is 1.37. The number of hydrogen-bond donors (Lipinski definition) is 0. The van der Waals surface area contributed by atoms with Gasteiger partial charge in [0.2, 0.25) is 0 Å². The number of rotatable bonds is 4. The Morgan fingerprint density at radius 3 is 2.39 bits per heavy atom. The molecule has 1 saturated heterocycles. The molecule has 1 aliphatic heterocycles. The van der Waals surface area contributed by atoms with Crippen molar-refractivity contribution in [1.29, 1.82) is 0 Å². The average molecular weight is 527 g/mol. The van der Waals surface area contributed by atoms with E-state index in [-0.39, 0.29) is 46.7 Å². The fraction of sp³-hybridized carbons (Fsp3) is 0.781. The lowest BCUT2D eigenvalue weighted by Gasteiger charge is -2.59. The molecule has 5 rings (SSSR count). The first-order chi connectivity index (χ1) is 17.6. The summed E-state index contributed by atoms with van der Waals surface area (Å²) in [4.78, 5) is 36.4. The molecule has 0 aromatic heterocycles. The second kappa shape index (κ2) is 9.04. The van der Waals surface area contributed by atoms with Gasteiger partial charge >= 0.3 is 11.9 Å². The van der Waals surface area contributed by atoms with Crippen LogP contribution in [0.1, 0.15) is 93.9 Å². The number of carbonyl (C=O) groups is 3. The maximum Gasteiger partial charge on any atom is 0.303 e. The van der Waals surface area contributed by atoms with Gasteiger partial charge in [0, 0.05) is 38.0 Å². The third-order valence-electron chi connectivity index (χ3n) is 11.8. The zero-order chi connectivity index (χ0) is 27.8.